The van der Waals surface area contributed by atoms with Crippen molar-refractivity contribution in [3.05, 3.63) is 119 Å². The largest absolute Gasteiger partial charge is 0.340 e. The van der Waals surface area contributed by atoms with E-state index >= 15 is 0 Å². The highest BCUT2D eigenvalue weighted by atomic mass is 16.2. The summed E-state index contributed by atoms with van der Waals surface area (Å²) in [6.45, 7) is 6.59. The first kappa shape index (κ1) is 21.1. The van der Waals surface area contributed by atoms with Gasteiger partial charge in [0.25, 0.3) is 11.8 Å². The van der Waals surface area contributed by atoms with E-state index in [9.17, 15) is 9.59 Å². The third-order valence-electron chi connectivity index (χ3n) is 8.32. The van der Waals surface area contributed by atoms with E-state index in [1.165, 1.54) is 0 Å². The minimum Gasteiger partial charge on any atom is -0.340 e. The Morgan fingerprint density at radius 2 is 1.31 bits per heavy atom. The molecule has 176 valence electrons. The van der Waals surface area contributed by atoms with Gasteiger partial charge >= 0.3 is 0 Å². The number of hydrazone groups is 1. The highest BCUT2D eigenvalue weighted by Crippen LogP contribution is 2.60. The Hall–Kier alpha value is -4.25. The Balaban J connectivity index is 1.33. The van der Waals surface area contributed by atoms with Crippen LogP contribution >= 0.6 is 0 Å². The van der Waals surface area contributed by atoms with Gasteiger partial charge in [-0.2, -0.15) is 10.1 Å². The topological polar surface area (TPSA) is 54.7 Å². The van der Waals surface area contributed by atoms with Crippen LogP contribution in [-0.4, -0.2) is 27.6 Å². The Kier molecular flexibility index (Phi) is 4.46. The highest BCUT2D eigenvalue weighted by Gasteiger charge is 2.61. The molecule has 3 aliphatic carbocycles. The maximum atomic E-state index is 13.8. The van der Waals surface area contributed by atoms with E-state index in [0.29, 0.717) is 6.54 Å². The number of imide groups is 1. The van der Waals surface area contributed by atoms with E-state index in [2.05, 4.69) is 46.6 Å². The summed E-state index contributed by atoms with van der Waals surface area (Å²) < 4.78 is 2.17. The maximum Gasteiger partial charge on any atom is 0.254 e. The van der Waals surface area contributed by atoms with Crippen LogP contribution in [0.25, 0.3) is 10.9 Å². The Morgan fingerprint density at radius 3 is 1.83 bits per heavy atom. The van der Waals surface area contributed by atoms with Crippen LogP contribution in [-0.2, 0) is 16.1 Å². The fraction of sp³-hybridized carbons (Fsp3) is 0.194. The van der Waals surface area contributed by atoms with Crippen molar-refractivity contribution in [2.45, 2.75) is 25.3 Å². The van der Waals surface area contributed by atoms with Crippen LogP contribution in [0.3, 0.4) is 0 Å². The van der Waals surface area contributed by atoms with Crippen LogP contribution in [0.5, 0.6) is 0 Å². The molecule has 3 aromatic carbocycles. The second-order valence-corrected chi connectivity index (χ2v) is 9.91. The molecule has 1 saturated heterocycles. The van der Waals surface area contributed by atoms with Crippen molar-refractivity contribution in [1.82, 2.24) is 9.58 Å². The summed E-state index contributed by atoms with van der Waals surface area (Å²) in [5.74, 6) is -1.50. The molecule has 0 unspecified atom stereocenters. The first-order chi connectivity index (χ1) is 17.6. The molecule has 5 nitrogen and oxygen atoms in total. The smallest absolute Gasteiger partial charge is 0.254 e. The van der Waals surface area contributed by atoms with Gasteiger partial charge in [0.05, 0.1) is 18.1 Å². The molecule has 0 radical (unpaired) electrons. The van der Waals surface area contributed by atoms with Gasteiger partial charge in [0, 0.05) is 40.5 Å². The molecule has 0 N–H and O–H groups in total. The number of carbonyl (C=O) groups excluding carboxylic acids is 2. The molecule has 1 fully saturated rings. The summed E-state index contributed by atoms with van der Waals surface area (Å²) in [6.07, 6.45) is 3.55. The SMILES string of the molecule is C=CCn1c(C)c(/C=N\N2C(=O)[C@@H]3C4c5ccccc5C(c5ccccc54)[C@@H]3C2=O)c2ccccc21. The van der Waals surface area contributed by atoms with Crippen LogP contribution in [0.4, 0.5) is 0 Å². The minimum atomic E-state index is -0.423. The molecule has 2 amide bonds. The number of amides is 2. The molecule has 4 aromatic rings. The van der Waals surface area contributed by atoms with E-state index in [4.69, 9.17) is 0 Å². The van der Waals surface area contributed by atoms with Crippen LogP contribution in [0.1, 0.15) is 45.3 Å². The third kappa shape index (κ3) is 2.63. The quantitative estimate of drug-likeness (QED) is 0.229. The Bertz CT molecular complexity index is 1510. The van der Waals surface area contributed by atoms with Crippen molar-refractivity contribution >= 4 is 28.9 Å². The fourth-order valence-corrected chi connectivity index (χ4v) is 6.88. The van der Waals surface area contributed by atoms with E-state index < -0.39 is 11.8 Å². The zero-order valence-electron chi connectivity index (χ0n) is 20.0. The Labute approximate surface area is 209 Å². The second-order valence-electron chi connectivity index (χ2n) is 9.91. The average Bonchev–Trinajstić information content (AvgIpc) is 3.33. The van der Waals surface area contributed by atoms with E-state index in [1.54, 1.807) is 6.21 Å². The molecule has 0 saturated carbocycles. The monoisotopic (exact) mass is 471 g/mol. The molecule has 2 heterocycles. The fourth-order valence-electron chi connectivity index (χ4n) is 6.88. The number of carbonyl (C=O) groups is 2. The van der Waals surface area contributed by atoms with Crippen molar-refractivity contribution in [2.75, 3.05) is 0 Å². The van der Waals surface area contributed by atoms with Gasteiger partial charge < -0.3 is 4.57 Å². The molecular formula is C31H25N3O2. The van der Waals surface area contributed by atoms with Gasteiger partial charge in [0.1, 0.15) is 0 Å². The van der Waals surface area contributed by atoms with E-state index in [1.807, 2.05) is 55.5 Å². The number of hydrogen-bond acceptors (Lipinski definition) is 3. The number of fused-ring (bicyclic) bond motifs is 1. The molecule has 2 bridgehead atoms. The third-order valence-corrected chi connectivity index (χ3v) is 8.32. The molecule has 1 aliphatic heterocycles. The maximum absolute atomic E-state index is 13.8. The number of allylic oxidation sites excluding steroid dienone is 1. The van der Waals surface area contributed by atoms with E-state index in [0.717, 1.165) is 49.4 Å². The second kappa shape index (κ2) is 7.62. The summed E-state index contributed by atoms with van der Waals surface area (Å²) in [5, 5.41) is 6.74. The highest BCUT2D eigenvalue weighted by molar-refractivity contribution is 6.09. The number of aromatic nitrogens is 1. The lowest BCUT2D eigenvalue weighted by atomic mass is 9.55. The molecule has 5 heteroatoms. The van der Waals surface area contributed by atoms with Crippen LogP contribution in [0.15, 0.2) is 90.6 Å². The number of para-hydroxylation sites is 1. The van der Waals surface area contributed by atoms with Crippen molar-refractivity contribution in [1.29, 1.82) is 0 Å². The summed E-state index contributed by atoms with van der Waals surface area (Å²) in [6, 6.07) is 24.6. The predicted molar refractivity (Wildman–Crippen MR) is 140 cm³/mol. The van der Waals surface area contributed by atoms with E-state index in [-0.39, 0.29) is 23.7 Å². The first-order valence-corrected chi connectivity index (χ1v) is 12.4. The van der Waals surface area contributed by atoms with Crippen molar-refractivity contribution in [2.24, 2.45) is 16.9 Å². The zero-order chi connectivity index (χ0) is 24.6. The lowest BCUT2D eigenvalue weighted by Crippen LogP contribution is -2.41. The molecule has 1 aromatic heterocycles. The molecule has 36 heavy (non-hydrogen) atoms. The van der Waals surface area contributed by atoms with Crippen LogP contribution in [0, 0.1) is 18.8 Å². The molecular weight excluding hydrogens is 446 g/mol. The van der Waals surface area contributed by atoms with Crippen LogP contribution < -0.4 is 0 Å². The van der Waals surface area contributed by atoms with Gasteiger partial charge in [0.2, 0.25) is 0 Å². The summed E-state index contributed by atoms with van der Waals surface area (Å²) in [4.78, 5) is 27.6. The summed E-state index contributed by atoms with van der Waals surface area (Å²) in [5.41, 5.74) is 7.67. The van der Waals surface area contributed by atoms with Crippen molar-refractivity contribution in [3.8, 4) is 0 Å². The van der Waals surface area contributed by atoms with Gasteiger partial charge in [-0.05, 0) is 35.2 Å². The molecule has 4 aliphatic rings. The Morgan fingerprint density at radius 1 is 0.806 bits per heavy atom. The van der Waals surface area contributed by atoms with Gasteiger partial charge in [-0.15, -0.1) is 6.58 Å². The standard InChI is InChI=1S/C31H25N3O2/c1-3-16-33-18(2)24(19-10-8-9-15-25(19)33)17-32-34-30(35)28-26-20-11-4-5-12-21(20)27(29(28)31(34)36)23-14-7-6-13-22(23)26/h3-15,17,26-29H,1,16H2,2H3/b32-17-/t26?,27?,28-,29+. The van der Waals surface area contributed by atoms with Gasteiger partial charge in [-0.1, -0.05) is 72.8 Å². The lowest BCUT2D eigenvalue weighted by Gasteiger charge is -2.45. The number of nitrogens with zero attached hydrogens (tertiary/aromatic N) is 3. The van der Waals surface area contributed by atoms with Crippen molar-refractivity contribution in [3.63, 3.8) is 0 Å². The predicted octanol–water partition coefficient (Wildman–Crippen LogP) is 5.36. The average molecular weight is 472 g/mol. The van der Waals surface area contributed by atoms with Gasteiger partial charge in [-0.25, -0.2) is 0 Å². The van der Waals surface area contributed by atoms with Gasteiger partial charge in [0.15, 0.2) is 0 Å². The number of benzene rings is 3. The van der Waals surface area contributed by atoms with Crippen molar-refractivity contribution < 1.29 is 9.59 Å². The first-order valence-electron chi connectivity index (χ1n) is 12.4. The summed E-state index contributed by atoms with van der Waals surface area (Å²) >= 11 is 0. The minimum absolute atomic E-state index is 0.125. The molecule has 2 atom stereocenters. The van der Waals surface area contributed by atoms with Gasteiger partial charge in [-0.3, -0.25) is 9.59 Å². The summed E-state index contributed by atoms with van der Waals surface area (Å²) in [7, 11) is 0. The molecule has 0 spiro atoms. The lowest BCUT2D eigenvalue weighted by molar-refractivity contribution is -0.139. The molecule has 8 rings (SSSR count). The van der Waals surface area contributed by atoms with Crippen LogP contribution in [0.2, 0.25) is 0 Å². The normalized spacial score (nSPS) is 23.9. The number of rotatable bonds is 4. The number of hydrogen-bond donors (Lipinski definition) is 0. The zero-order valence-corrected chi connectivity index (χ0v) is 20.0.